The Morgan fingerprint density at radius 2 is 1.82 bits per heavy atom. The molecule has 0 bridgehead atoms. The van der Waals surface area contributed by atoms with Crippen molar-refractivity contribution in [1.29, 1.82) is 0 Å². The van der Waals surface area contributed by atoms with Crippen molar-refractivity contribution in [1.82, 2.24) is 0 Å². The first kappa shape index (κ1) is 14.6. The topological polar surface area (TPSA) is 38.7 Å². The molecule has 96 valence electrons. The minimum absolute atomic E-state index is 0.163. The van der Waals surface area contributed by atoms with Crippen molar-refractivity contribution in [2.45, 2.75) is 19.3 Å². The molecule has 0 heterocycles. The zero-order chi connectivity index (χ0) is 12.7. The van der Waals surface area contributed by atoms with Gasteiger partial charge in [-0.3, -0.25) is 0 Å². The molecule has 0 amide bonds. The van der Waals surface area contributed by atoms with Gasteiger partial charge in [0.2, 0.25) is 0 Å². The van der Waals surface area contributed by atoms with E-state index in [1.807, 2.05) is 0 Å². The standard InChI is InChI=1S/C12H16Cl2O3/c1-16-8-17-9-6-11(13)10(12(14)7-9)4-2-3-5-15/h6-7,15H,2-5,8H2,1H3. The van der Waals surface area contributed by atoms with E-state index >= 15 is 0 Å². The van der Waals surface area contributed by atoms with E-state index in [9.17, 15) is 0 Å². The molecule has 1 aromatic carbocycles. The molecule has 0 aliphatic rings. The Hall–Kier alpha value is -0.480. The molecule has 0 fully saturated rings. The molecule has 3 nitrogen and oxygen atoms in total. The second-order valence-corrected chi connectivity index (χ2v) is 4.41. The molecule has 0 aliphatic carbocycles. The summed E-state index contributed by atoms with van der Waals surface area (Å²) in [5.74, 6) is 0.591. The highest BCUT2D eigenvalue weighted by Gasteiger charge is 2.08. The second kappa shape index (κ2) is 7.77. The summed E-state index contributed by atoms with van der Waals surface area (Å²) < 4.78 is 10.1. The van der Waals surface area contributed by atoms with Crippen LogP contribution in [-0.4, -0.2) is 25.6 Å². The minimum Gasteiger partial charge on any atom is -0.467 e. The Morgan fingerprint density at radius 3 is 2.35 bits per heavy atom. The van der Waals surface area contributed by atoms with Gasteiger partial charge in [0.15, 0.2) is 6.79 Å². The molecule has 0 unspecified atom stereocenters. The van der Waals surface area contributed by atoms with Crippen LogP contribution < -0.4 is 4.74 Å². The first-order valence-corrected chi connectivity index (χ1v) is 6.15. The summed E-state index contributed by atoms with van der Waals surface area (Å²) in [6.45, 7) is 0.348. The Labute approximate surface area is 111 Å². The Balaban J connectivity index is 2.72. The number of aliphatic hydroxyl groups excluding tert-OH is 1. The number of hydrogen-bond acceptors (Lipinski definition) is 3. The van der Waals surface area contributed by atoms with Crippen LogP contribution in [0.1, 0.15) is 18.4 Å². The zero-order valence-electron chi connectivity index (χ0n) is 9.71. The summed E-state index contributed by atoms with van der Waals surface area (Å²) in [5, 5.41) is 9.89. The van der Waals surface area contributed by atoms with E-state index in [-0.39, 0.29) is 13.4 Å². The molecule has 5 heteroatoms. The predicted molar refractivity (Wildman–Crippen MR) is 69.0 cm³/mol. The number of ether oxygens (including phenoxy) is 2. The van der Waals surface area contributed by atoms with E-state index in [0.717, 1.165) is 24.8 Å². The highest BCUT2D eigenvalue weighted by Crippen LogP contribution is 2.31. The highest BCUT2D eigenvalue weighted by atomic mass is 35.5. The van der Waals surface area contributed by atoms with E-state index in [1.165, 1.54) is 0 Å². The highest BCUT2D eigenvalue weighted by molar-refractivity contribution is 6.36. The van der Waals surface area contributed by atoms with Crippen molar-refractivity contribution in [3.05, 3.63) is 27.7 Å². The van der Waals surface area contributed by atoms with Crippen molar-refractivity contribution in [2.24, 2.45) is 0 Å². The van der Waals surface area contributed by atoms with Gasteiger partial charge in [-0.05, 0) is 37.0 Å². The predicted octanol–water partition coefficient (Wildman–Crippen LogP) is 3.29. The lowest BCUT2D eigenvalue weighted by atomic mass is 10.1. The average molecular weight is 279 g/mol. The van der Waals surface area contributed by atoms with Gasteiger partial charge in [0.25, 0.3) is 0 Å². The van der Waals surface area contributed by atoms with E-state index < -0.39 is 0 Å². The maximum absolute atomic E-state index is 8.72. The third-order valence-corrected chi connectivity index (χ3v) is 2.97. The van der Waals surface area contributed by atoms with Crippen LogP contribution in [-0.2, 0) is 11.2 Å². The number of benzene rings is 1. The molecule has 1 rings (SSSR count). The molecule has 1 N–H and O–H groups in total. The van der Waals surface area contributed by atoms with Crippen molar-refractivity contribution in [2.75, 3.05) is 20.5 Å². The Morgan fingerprint density at radius 1 is 1.18 bits per heavy atom. The number of methoxy groups -OCH3 is 1. The number of hydrogen-bond donors (Lipinski definition) is 1. The van der Waals surface area contributed by atoms with Crippen LogP contribution in [0.2, 0.25) is 10.0 Å². The van der Waals surface area contributed by atoms with Gasteiger partial charge in [-0.25, -0.2) is 0 Å². The molecule has 0 aromatic heterocycles. The molecule has 0 aliphatic heterocycles. The lowest BCUT2D eigenvalue weighted by Gasteiger charge is -2.10. The SMILES string of the molecule is COCOc1cc(Cl)c(CCCCO)c(Cl)c1. The summed E-state index contributed by atoms with van der Waals surface area (Å²) in [7, 11) is 1.55. The molecule has 0 atom stereocenters. The van der Waals surface area contributed by atoms with Gasteiger partial charge in [-0.15, -0.1) is 0 Å². The Bertz CT molecular complexity index is 333. The fraction of sp³-hybridized carbons (Fsp3) is 0.500. The van der Waals surface area contributed by atoms with Crippen LogP contribution in [0.5, 0.6) is 5.75 Å². The average Bonchev–Trinajstić information content (AvgIpc) is 2.30. The van der Waals surface area contributed by atoms with Crippen LogP contribution >= 0.6 is 23.2 Å². The van der Waals surface area contributed by atoms with Crippen LogP contribution in [0, 0.1) is 0 Å². The molecular formula is C12H16Cl2O3. The largest absolute Gasteiger partial charge is 0.467 e. The smallest absolute Gasteiger partial charge is 0.188 e. The van der Waals surface area contributed by atoms with Crippen molar-refractivity contribution in [3.8, 4) is 5.75 Å². The number of unbranched alkanes of at least 4 members (excludes halogenated alkanes) is 1. The van der Waals surface area contributed by atoms with E-state index in [0.29, 0.717) is 15.8 Å². The van der Waals surface area contributed by atoms with Gasteiger partial charge >= 0.3 is 0 Å². The van der Waals surface area contributed by atoms with Gasteiger partial charge in [-0.1, -0.05) is 23.2 Å². The third-order valence-electron chi connectivity index (χ3n) is 2.29. The van der Waals surface area contributed by atoms with Crippen LogP contribution in [0.15, 0.2) is 12.1 Å². The van der Waals surface area contributed by atoms with E-state index in [4.69, 9.17) is 37.8 Å². The van der Waals surface area contributed by atoms with Crippen molar-refractivity contribution < 1.29 is 14.6 Å². The van der Waals surface area contributed by atoms with Crippen molar-refractivity contribution in [3.63, 3.8) is 0 Å². The van der Waals surface area contributed by atoms with Gasteiger partial charge in [-0.2, -0.15) is 0 Å². The quantitative estimate of drug-likeness (QED) is 0.615. The summed E-state index contributed by atoms with van der Waals surface area (Å²) in [4.78, 5) is 0. The summed E-state index contributed by atoms with van der Waals surface area (Å²) in [5.41, 5.74) is 0.895. The van der Waals surface area contributed by atoms with E-state index in [2.05, 4.69) is 0 Å². The van der Waals surface area contributed by atoms with Crippen LogP contribution in [0.3, 0.4) is 0 Å². The second-order valence-electron chi connectivity index (χ2n) is 3.60. The molecule has 17 heavy (non-hydrogen) atoms. The van der Waals surface area contributed by atoms with Gasteiger partial charge in [0, 0.05) is 23.8 Å². The summed E-state index contributed by atoms with van der Waals surface area (Å²) in [6.07, 6.45) is 2.35. The normalized spacial score (nSPS) is 10.6. The molecule has 1 aromatic rings. The molecular weight excluding hydrogens is 263 g/mol. The number of halogens is 2. The fourth-order valence-electron chi connectivity index (χ4n) is 1.44. The maximum atomic E-state index is 8.72. The summed E-state index contributed by atoms with van der Waals surface area (Å²) in [6, 6.07) is 3.45. The van der Waals surface area contributed by atoms with Gasteiger partial charge in [0.05, 0.1) is 0 Å². The fourth-order valence-corrected chi connectivity index (χ4v) is 2.10. The monoisotopic (exact) mass is 278 g/mol. The lowest BCUT2D eigenvalue weighted by molar-refractivity contribution is 0.0511. The summed E-state index contributed by atoms with van der Waals surface area (Å²) >= 11 is 12.2. The maximum Gasteiger partial charge on any atom is 0.188 e. The molecule has 0 saturated heterocycles. The molecule has 0 radical (unpaired) electrons. The van der Waals surface area contributed by atoms with Crippen LogP contribution in [0.4, 0.5) is 0 Å². The number of aliphatic hydroxyl groups is 1. The number of rotatable bonds is 7. The third kappa shape index (κ3) is 4.72. The first-order chi connectivity index (χ1) is 8.19. The van der Waals surface area contributed by atoms with E-state index in [1.54, 1.807) is 19.2 Å². The molecule has 0 spiro atoms. The Kier molecular flexibility index (Phi) is 6.66. The van der Waals surface area contributed by atoms with Gasteiger partial charge < -0.3 is 14.6 Å². The first-order valence-electron chi connectivity index (χ1n) is 5.39. The van der Waals surface area contributed by atoms with Crippen LogP contribution in [0.25, 0.3) is 0 Å². The zero-order valence-corrected chi connectivity index (χ0v) is 11.2. The lowest BCUT2D eigenvalue weighted by Crippen LogP contribution is -2.00. The van der Waals surface area contributed by atoms with Gasteiger partial charge in [0.1, 0.15) is 5.75 Å². The van der Waals surface area contributed by atoms with Crippen molar-refractivity contribution >= 4 is 23.2 Å². The molecule has 0 saturated carbocycles. The minimum atomic E-state index is 0.163.